The van der Waals surface area contributed by atoms with Crippen LogP contribution in [0.4, 0.5) is 10.8 Å². The van der Waals surface area contributed by atoms with E-state index >= 15 is 0 Å². The largest absolute Gasteiger partial charge is 0.444 e. The van der Waals surface area contributed by atoms with E-state index in [2.05, 4.69) is 35.3 Å². The van der Waals surface area contributed by atoms with Crippen LogP contribution in [0.5, 0.6) is 0 Å². The number of hydrogen-bond acceptors (Lipinski definition) is 5. The molecule has 0 saturated carbocycles. The van der Waals surface area contributed by atoms with Gasteiger partial charge in [0, 0.05) is 26.2 Å². The summed E-state index contributed by atoms with van der Waals surface area (Å²) in [5.41, 5.74) is 3.58. The first-order valence-electron chi connectivity index (χ1n) is 10.4. The lowest BCUT2D eigenvalue weighted by Gasteiger charge is -2.26. The summed E-state index contributed by atoms with van der Waals surface area (Å²) < 4.78 is 11.5. The van der Waals surface area contributed by atoms with Crippen LogP contribution in [-0.4, -0.2) is 47.8 Å². The third kappa shape index (κ3) is 4.63. The number of fused-ring (bicyclic) bond motifs is 1. The molecule has 4 rings (SSSR count). The van der Waals surface area contributed by atoms with Crippen molar-refractivity contribution in [3.05, 3.63) is 42.0 Å². The van der Waals surface area contributed by atoms with Crippen molar-refractivity contribution in [3.63, 3.8) is 0 Å². The van der Waals surface area contributed by atoms with E-state index in [1.807, 2.05) is 26.8 Å². The van der Waals surface area contributed by atoms with Crippen LogP contribution in [-0.2, 0) is 4.74 Å². The molecule has 0 unspecified atom stereocenters. The molecule has 154 valence electrons. The number of rotatable bonds is 2. The van der Waals surface area contributed by atoms with Crippen molar-refractivity contribution in [2.24, 2.45) is 0 Å². The number of nitrogens with zero attached hydrogens (tertiary/aromatic N) is 3. The summed E-state index contributed by atoms with van der Waals surface area (Å²) in [4.78, 5) is 21.0. The van der Waals surface area contributed by atoms with E-state index in [-0.39, 0.29) is 6.09 Å². The Kier molecular flexibility index (Phi) is 5.35. The number of ether oxygens (including phenoxy) is 1. The predicted octanol–water partition coefficient (Wildman–Crippen LogP) is 5.01. The summed E-state index contributed by atoms with van der Waals surface area (Å²) >= 11 is 0. The van der Waals surface area contributed by atoms with Crippen molar-refractivity contribution in [2.75, 3.05) is 31.1 Å². The van der Waals surface area contributed by atoms with Crippen molar-refractivity contribution >= 4 is 28.8 Å². The van der Waals surface area contributed by atoms with Crippen LogP contribution < -0.4 is 4.90 Å². The van der Waals surface area contributed by atoms with Crippen molar-refractivity contribution in [1.82, 2.24) is 9.88 Å². The highest BCUT2D eigenvalue weighted by atomic mass is 16.6. The van der Waals surface area contributed by atoms with Gasteiger partial charge in [-0.1, -0.05) is 24.3 Å². The van der Waals surface area contributed by atoms with Gasteiger partial charge in [-0.25, -0.2) is 4.79 Å². The maximum absolute atomic E-state index is 12.4. The highest BCUT2D eigenvalue weighted by Crippen LogP contribution is 2.28. The van der Waals surface area contributed by atoms with Crippen LogP contribution in [0.3, 0.4) is 0 Å². The molecule has 1 aromatic carbocycles. The van der Waals surface area contributed by atoms with Gasteiger partial charge in [0.2, 0.25) is 0 Å². The number of oxazole rings is 1. The van der Waals surface area contributed by atoms with Crippen LogP contribution >= 0.6 is 0 Å². The van der Waals surface area contributed by atoms with Gasteiger partial charge in [0.05, 0.1) is 0 Å². The maximum atomic E-state index is 12.4. The van der Waals surface area contributed by atoms with Crippen molar-refractivity contribution in [2.45, 2.75) is 45.6 Å². The maximum Gasteiger partial charge on any atom is 0.410 e. The van der Waals surface area contributed by atoms with Crippen molar-refractivity contribution in [3.8, 4) is 0 Å². The lowest BCUT2D eigenvalue weighted by atomic mass is 9.99. The summed E-state index contributed by atoms with van der Waals surface area (Å²) in [7, 11) is 0. The monoisotopic (exact) mass is 395 g/mol. The first kappa shape index (κ1) is 19.6. The fourth-order valence-electron chi connectivity index (χ4n) is 3.68. The molecule has 2 aromatic rings. The molecule has 6 heteroatoms. The molecule has 1 aliphatic heterocycles. The standard InChI is InChI=1S/C23H29N3O3/c1-23(2,3)29-22(27)26-13-7-12-25(14-15-26)21-24-19-16-18(10-11-20(19)28-21)17-8-5-4-6-9-17/h5,8-11,16H,4,6-7,12-15H2,1-3H3. The molecule has 1 aliphatic carbocycles. The molecule has 1 saturated heterocycles. The third-order valence-electron chi connectivity index (χ3n) is 5.12. The zero-order chi connectivity index (χ0) is 20.4. The van der Waals surface area contributed by atoms with Gasteiger partial charge in [-0.15, -0.1) is 0 Å². The Bertz CT molecular complexity index is 952. The molecule has 1 aromatic heterocycles. The minimum atomic E-state index is -0.482. The fraction of sp³-hybridized carbons (Fsp3) is 0.478. The average molecular weight is 396 g/mol. The summed E-state index contributed by atoms with van der Waals surface area (Å²) in [5, 5.41) is 0. The first-order valence-corrected chi connectivity index (χ1v) is 10.4. The second-order valence-electron chi connectivity index (χ2n) is 8.63. The number of amides is 1. The van der Waals surface area contributed by atoms with E-state index in [0.717, 1.165) is 36.9 Å². The van der Waals surface area contributed by atoms with Gasteiger partial charge < -0.3 is 19.0 Å². The van der Waals surface area contributed by atoms with E-state index in [1.165, 1.54) is 11.1 Å². The molecule has 0 bridgehead atoms. The second-order valence-corrected chi connectivity index (χ2v) is 8.63. The number of benzene rings is 1. The van der Waals surface area contributed by atoms with Crippen LogP contribution in [0.15, 0.2) is 40.8 Å². The van der Waals surface area contributed by atoms with E-state index < -0.39 is 5.60 Å². The van der Waals surface area contributed by atoms with Gasteiger partial charge in [-0.05, 0) is 63.3 Å². The highest BCUT2D eigenvalue weighted by molar-refractivity contribution is 5.83. The van der Waals surface area contributed by atoms with Crippen LogP contribution in [0.25, 0.3) is 16.7 Å². The van der Waals surface area contributed by atoms with E-state index in [0.29, 0.717) is 25.6 Å². The molecule has 0 spiro atoms. The SMILES string of the molecule is CC(C)(C)OC(=O)N1CCCN(c2nc3cc(C4=CCCC=C4)ccc3o2)CC1. The number of anilines is 1. The van der Waals surface area contributed by atoms with E-state index in [9.17, 15) is 4.79 Å². The molecular weight excluding hydrogens is 366 g/mol. The molecule has 6 nitrogen and oxygen atoms in total. The smallest absolute Gasteiger partial charge is 0.410 e. The van der Waals surface area contributed by atoms with Crippen LogP contribution in [0.2, 0.25) is 0 Å². The van der Waals surface area contributed by atoms with Crippen LogP contribution in [0.1, 0.15) is 45.6 Å². The normalized spacial score (nSPS) is 18.0. The molecule has 2 aliphatic rings. The Balaban J connectivity index is 1.47. The molecule has 29 heavy (non-hydrogen) atoms. The molecular formula is C23H29N3O3. The van der Waals surface area contributed by atoms with E-state index in [1.54, 1.807) is 4.90 Å². The van der Waals surface area contributed by atoms with E-state index in [4.69, 9.17) is 14.1 Å². The number of carbonyl (C=O) groups excluding carboxylic acids is 1. The van der Waals surface area contributed by atoms with Gasteiger partial charge in [0.15, 0.2) is 5.58 Å². The Morgan fingerprint density at radius 2 is 2.00 bits per heavy atom. The summed E-state index contributed by atoms with van der Waals surface area (Å²) in [6.45, 7) is 8.41. The van der Waals surface area contributed by atoms with Crippen LogP contribution in [0, 0.1) is 0 Å². The predicted molar refractivity (Wildman–Crippen MR) is 115 cm³/mol. The van der Waals surface area contributed by atoms with Gasteiger partial charge in [-0.2, -0.15) is 4.98 Å². The number of aromatic nitrogens is 1. The zero-order valence-electron chi connectivity index (χ0n) is 17.5. The minimum Gasteiger partial charge on any atom is -0.444 e. The number of allylic oxidation sites excluding steroid dienone is 4. The topological polar surface area (TPSA) is 58.8 Å². The van der Waals surface area contributed by atoms with Gasteiger partial charge in [0.1, 0.15) is 11.1 Å². The lowest BCUT2D eigenvalue weighted by Crippen LogP contribution is -2.39. The summed E-state index contributed by atoms with van der Waals surface area (Å²) in [6.07, 6.45) is 9.43. The minimum absolute atomic E-state index is 0.254. The zero-order valence-corrected chi connectivity index (χ0v) is 17.5. The van der Waals surface area contributed by atoms with Gasteiger partial charge >= 0.3 is 6.09 Å². The lowest BCUT2D eigenvalue weighted by molar-refractivity contribution is 0.0263. The first-order chi connectivity index (χ1) is 13.9. The Morgan fingerprint density at radius 1 is 1.14 bits per heavy atom. The Labute approximate surface area is 171 Å². The molecule has 2 heterocycles. The second kappa shape index (κ2) is 7.93. The van der Waals surface area contributed by atoms with Crippen molar-refractivity contribution in [1.29, 1.82) is 0 Å². The van der Waals surface area contributed by atoms with Crippen molar-refractivity contribution < 1.29 is 13.9 Å². The van der Waals surface area contributed by atoms with Gasteiger partial charge in [0.25, 0.3) is 6.01 Å². The molecule has 0 N–H and O–H groups in total. The fourth-order valence-corrected chi connectivity index (χ4v) is 3.68. The molecule has 1 amide bonds. The highest BCUT2D eigenvalue weighted by Gasteiger charge is 2.26. The number of hydrogen-bond donors (Lipinski definition) is 0. The quantitative estimate of drug-likeness (QED) is 0.715. The number of carbonyl (C=O) groups is 1. The molecule has 0 radical (unpaired) electrons. The summed E-state index contributed by atoms with van der Waals surface area (Å²) in [5.74, 6) is 0. The summed E-state index contributed by atoms with van der Waals surface area (Å²) in [6, 6.07) is 6.80. The Morgan fingerprint density at radius 3 is 2.76 bits per heavy atom. The average Bonchev–Trinajstić information content (AvgIpc) is 2.95. The molecule has 0 atom stereocenters. The molecule has 1 fully saturated rings. The third-order valence-corrected chi connectivity index (χ3v) is 5.12. The van der Waals surface area contributed by atoms with Gasteiger partial charge in [-0.3, -0.25) is 0 Å². The Hall–Kier alpha value is -2.76.